The third kappa shape index (κ3) is 7.09. The Morgan fingerprint density at radius 3 is 2.50 bits per heavy atom. The van der Waals surface area contributed by atoms with Crippen LogP contribution in [0.4, 0.5) is 0 Å². The highest BCUT2D eigenvalue weighted by molar-refractivity contribution is 5.25. The lowest BCUT2D eigenvalue weighted by Crippen LogP contribution is -2.25. The molecule has 0 aromatic heterocycles. The Balaban J connectivity index is 2.50. The monoisotopic (exact) mass is 275 g/mol. The molecule has 0 bridgehead atoms. The van der Waals surface area contributed by atoms with Gasteiger partial charge < -0.3 is 5.32 Å². The Hall–Kier alpha value is -0.820. The summed E-state index contributed by atoms with van der Waals surface area (Å²) in [4.78, 5) is 0. The molecular formula is C19H33N. The van der Waals surface area contributed by atoms with E-state index in [9.17, 15) is 0 Å². The topological polar surface area (TPSA) is 12.0 Å². The van der Waals surface area contributed by atoms with Crippen molar-refractivity contribution in [1.29, 1.82) is 0 Å². The zero-order valence-corrected chi connectivity index (χ0v) is 13.9. The van der Waals surface area contributed by atoms with Crippen LogP contribution in [0.5, 0.6) is 0 Å². The number of benzene rings is 1. The van der Waals surface area contributed by atoms with Crippen LogP contribution in [0.15, 0.2) is 24.3 Å². The highest BCUT2D eigenvalue weighted by Crippen LogP contribution is 2.19. The number of rotatable bonds is 10. The number of nitrogens with one attached hydrogen (secondary N) is 1. The van der Waals surface area contributed by atoms with Crippen LogP contribution >= 0.6 is 0 Å². The molecule has 0 heterocycles. The molecular weight excluding hydrogens is 242 g/mol. The van der Waals surface area contributed by atoms with Crippen LogP contribution in [0.3, 0.4) is 0 Å². The molecule has 0 saturated carbocycles. The maximum Gasteiger partial charge on any atom is -0.00173 e. The number of hydrogen-bond acceptors (Lipinski definition) is 1. The van der Waals surface area contributed by atoms with Gasteiger partial charge in [0.25, 0.3) is 0 Å². The fourth-order valence-corrected chi connectivity index (χ4v) is 2.72. The lowest BCUT2D eigenvalue weighted by Gasteiger charge is -2.19. The van der Waals surface area contributed by atoms with E-state index in [4.69, 9.17) is 0 Å². The van der Waals surface area contributed by atoms with E-state index < -0.39 is 0 Å². The van der Waals surface area contributed by atoms with Gasteiger partial charge in [0.2, 0.25) is 0 Å². The van der Waals surface area contributed by atoms with Crippen molar-refractivity contribution in [1.82, 2.24) is 5.32 Å². The predicted molar refractivity (Wildman–Crippen MR) is 90.2 cm³/mol. The van der Waals surface area contributed by atoms with E-state index in [0.29, 0.717) is 0 Å². The average molecular weight is 275 g/mol. The molecule has 0 saturated heterocycles. The normalized spacial score (nSPS) is 12.8. The maximum absolute atomic E-state index is 3.61. The van der Waals surface area contributed by atoms with Crippen LogP contribution in [0.25, 0.3) is 0 Å². The van der Waals surface area contributed by atoms with E-state index >= 15 is 0 Å². The summed E-state index contributed by atoms with van der Waals surface area (Å²) in [6, 6.07) is 8.85. The molecule has 114 valence electrons. The van der Waals surface area contributed by atoms with Crippen LogP contribution < -0.4 is 5.32 Å². The molecule has 1 aromatic carbocycles. The zero-order valence-electron chi connectivity index (χ0n) is 13.9. The van der Waals surface area contributed by atoms with Crippen molar-refractivity contribution in [3.05, 3.63) is 35.4 Å². The first kappa shape index (κ1) is 17.2. The quantitative estimate of drug-likeness (QED) is 0.594. The van der Waals surface area contributed by atoms with Gasteiger partial charge in [0.15, 0.2) is 0 Å². The SMILES string of the molecule is CCCNCC(CCCC(C)C)Cc1ccccc1C. The van der Waals surface area contributed by atoms with Gasteiger partial charge in [-0.05, 0) is 62.2 Å². The van der Waals surface area contributed by atoms with E-state index in [0.717, 1.165) is 18.4 Å². The molecule has 0 aliphatic carbocycles. The Kier molecular flexibility index (Phi) is 8.60. The molecule has 0 aliphatic rings. The van der Waals surface area contributed by atoms with Crippen molar-refractivity contribution in [2.75, 3.05) is 13.1 Å². The lowest BCUT2D eigenvalue weighted by molar-refractivity contribution is 0.406. The maximum atomic E-state index is 3.61. The van der Waals surface area contributed by atoms with Crippen molar-refractivity contribution in [2.45, 2.75) is 59.8 Å². The van der Waals surface area contributed by atoms with E-state index in [2.05, 4.69) is 57.3 Å². The Labute approximate surface area is 126 Å². The Morgan fingerprint density at radius 1 is 1.10 bits per heavy atom. The van der Waals surface area contributed by atoms with Gasteiger partial charge in [-0.2, -0.15) is 0 Å². The molecule has 1 aromatic rings. The first-order valence-electron chi connectivity index (χ1n) is 8.38. The molecule has 0 radical (unpaired) electrons. The molecule has 1 heteroatoms. The van der Waals surface area contributed by atoms with Gasteiger partial charge in [-0.3, -0.25) is 0 Å². The summed E-state index contributed by atoms with van der Waals surface area (Å²) < 4.78 is 0. The minimum atomic E-state index is 0.779. The first-order chi connectivity index (χ1) is 9.63. The van der Waals surface area contributed by atoms with Crippen molar-refractivity contribution in [3.63, 3.8) is 0 Å². The van der Waals surface area contributed by atoms with E-state index in [1.54, 1.807) is 0 Å². The van der Waals surface area contributed by atoms with Gasteiger partial charge in [-0.15, -0.1) is 0 Å². The summed E-state index contributed by atoms with van der Waals surface area (Å²) in [5, 5.41) is 3.61. The van der Waals surface area contributed by atoms with Crippen molar-refractivity contribution >= 4 is 0 Å². The largest absolute Gasteiger partial charge is 0.316 e. The van der Waals surface area contributed by atoms with Crippen LogP contribution in [0.1, 0.15) is 57.6 Å². The fraction of sp³-hybridized carbons (Fsp3) is 0.684. The second kappa shape index (κ2) is 9.99. The highest BCUT2D eigenvalue weighted by Gasteiger charge is 2.11. The molecule has 1 nitrogen and oxygen atoms in total. The summed E-state index contributed by atoms with van der Waals surface area (Å²) in [5.41, 5.74) is 2.97. The Morgan fingerprint density at radius 2 is 1.85 bits per heavy atom. The second-order valence-corrected chi connectivity index (χ2v) is 6.53. The minimum Gasteiger partial charge on any atom is -0.316 e. The summed E-state index contributed by atoms with van der Waals surface area (Å²) in [6.45, 7) is 11.4. The molecule has 0 fully saturated rings. The molecule has 0 amide bonds. The van der Waals surface area contributed by atoms with Crippen molar-refractivity contribution < 1.29 is 0 Å². The summed E-state index contributed by atoms with van der Waals surface area (Å²) in [5.74, 6) is 1.61. The summed E-state index contributed by atoms with van der Waals surface area (Å²) in [6.07, 6.45) is 6.52. The highest BCUT2D eigenvalue weighted by atomic mass is 14.8. The van der Waals surface area contributed by atoms with Gasteiger partial charge in [-0.25, -0.2) is 0 Å². The van der Waals surface area contributed by atoms with E-state index in [1.807, 2.05) is 0 Å². The average Bonchev–Trinajstić information content (AvgIpc) is 2.41. The van der Waals surface area contributed by atoms with Gasteiger partial charge in [0.05, 0.1) is 0 Å². The lowest BCUT2D eigenvalue weighted by atomic mass is 9.90. The van der Waals surface area contributed by atoms with Gasteiger partial charge in [0.1, 0.15) is 0 Å². The molecule has 0 spiro atoms. The van der Waals surface area contributed by atoms with Crippen molar-refractivity contribution in [2.24, 2.45) is 11.8 Å². The molecule has 0 aliphatic heterocycles. The van der Waals surface area contributed by atoms with E-state index in [-0.39, 0.29) is 0 Å². The van der Waals surface area contributed by atoms with Gasteiger partial charge in [0, 0.05) is 0 Å². The molecule has 20 heavy (non-hydrogen) atoms. The molecule has 1 N–H and O–H groups in total. The smallest absolute Gasteiger partial charge is 0.00173 e. The molecule has 1 unspecified atom stereocenters. The predicted octanol–water partition coefficient (Wildman–Crippen LogP) is 4.98. The molecule has 1 atom stereocenters. The minimum absolute atomic E-state index is 0.779. The summed E-state index contributed by atoms with van der Waals surface area (Å²) >= 11 is 0. The first-order valence-corrected chi connectivity index (χ1v) is 8.38. The van der Waals surface area contributed by atoms with Gasteiger partial charge >= 0.3 is 0 Å². The number of aryl methyl sites for hydroxylation is 1. The van der Waals surface area contributed by atoms with Crippen LogP contribution in [0.2, 0.25) is 0 Å². The third-order valence-electron chi connectivity index (χ3n) is 4.02. The fourth-order valence-electron chi connectivity index (χ4n) is 2.72. The zero-order chi connectivity index (χ0) is 14.8. The molecule has 1 rings (SSSR count). The summed E-state index contributed by atoms with van der Waals surface area (Å²) in [7, 11) is 0. The van der Waals surface area contributed by atoms with Crippen molar-refractivity contribution in [3.8, 4) is 0 Å². The van der Waals surface area contributed by atoms with Crippen LogP contribution in [-0.2, 0) is 6.42 Å². The van der Waals surface area contributed by atoms with Gasteiger partial charge in [-0.1, -0.05) is 57.9 Å². The van der Waals surface area contributed by atoms with E-state index in [1.165, 1.54) is 49.8 Å². The van der Waals surface area contributed by atoms with Crippen LogP contribution in [0, 0.1) is 18.8 Å². The number of hydrogen-bond donors (Lipinski definition) is 1. The van der Waals surface area contributed by atoms with Crippen LogP contribution in [-0.4, -0.2) is 13.1 Å². The third-order valence-corrected chi connectivity index (χ3v) is 4.02. The Bertz CT molecular complexity index is 357. The second-order valence-electron chi connectivity index (χ2n) is 6.53. The standard InChI is InChI=1S/C19H33N/c1-5-13-20-15-18(11-8-9-16(2)3)14-19-12-7-6-10-17(19)4/h6-7,10,12,16,18,20H,5,8-9,11,13-15H2,1-4H3.